The van der Waals surface area contributed by atoms with Gasteiger partial charge in [0.15, 0.2) is 0 Å². The molecular formula is C17H23N3O3S. The fourth-order valence-electron chi connectivity index (χ4n) is 3.39. The molecule has 6 nitrogen and oxygen atoms in total. The van der Waals surface area contributed by atoms with Gasteiger partial charge in [0.1, 0.15) is 0 Å². The highest BCUT2D eigenvalue weighted by molar-refractivity contribution is 7.88. The van der Waals surface area contributed by atoms with Crippen molar-refractivity contribution in [3.63, 3.8) is 0 Å². The largest absolute Gasteiger partial charge is 0.350 e. The first-order valence-electron chi connectivity index (χ1n) is 8.16. The van der Waals surface area contributed by atoms with Crippen LogP contribution in [0.15, 0.2) is 30.5 Å². The molecule has 0 unspecified atom stereocenters. The Kier molecular flexibility index (Phi) is 4.64. The van der Waals surface area contributed by atoms with Crippen molar-refractivity contribution in [3.8, 4) is 0 Å². The van der Waals surface area contributed by atoms with Crippen molar-refractivity contribution >= 4 is 26.8 Å². The summed E-state index contributed by atoms with van der Waals surface area (Å²) in [5.74, 6) is -0.0215. The van der Waals surface area contributed by atoms with Crippen molar-refractivity contribution < 1.29 is 13.2 Å². The first kappa shape index (κ1) is 17.0. The third-order valence-electron chi connectivity index (χ3n) is 4.60. The molecule has 1 aliphatic heterocycles. The summed E-state index contributed by atoms with van der Waals surface area (Å²) in [7, 11) is -1.33. The lowest BCUT2D eigenvalue weighted by Gasteiger charge is -2.35. The van der Waals surface area contributed by atoms with Gasteiger partial charge in [0.2, 0.25) is 10.0 Å². The second kappa shape index (κ2) is 6.57. The Morgan fingerprint density at radius 1 is 1.29 bits per heavy atom. The van der Waals surface area contributed by atoms with Gasteiger partial charge in [-0.15, -0.1) is 0 Å². The van der Waals surface area contributed by atoms with Crippen LogP contribution in [0, 0.1) is 0 Å². The van der Waals surface area contributed by atoms with E-state index in [0.717, 1.165) is 36.4 Å². The molecule has 0 bridgehead atoms. The molecule has 2 aromatic rings. The minimum atomic E-state index is -3.26. The first-order valence-corrected chi connectivity index (χ1v) is 10.1. The van der Waals surface area contributed by atoms with Gasteiger partial charge in [-0.25, -0.2) is 13.1 Å². The van der Waals surface area contributed by atoms with Crippen LogP contribution in [0.25, 0.3) is 10.9 Å². The van der Waals surface area contributed by atoms with Crippen LogP contribution in [0.3, 0.4) is 0 Å². The van der Waals surface area contributed by atoms with Crippen LogP contribution < -0.4 is 4.72 Å². The number of carbonyl (C=O) groups is 1. The second-order valence-electron chi connectivity index (χ2n) is 6.44. The normalized spacial score (nSPS) is 18.9. The molecule has 7 heteroatoms. The van der Waals surface area contributed by atoms with Crippen LogP contribution in [0.4, 0.5) is 0 Å². The number of hydrogen-bond donors (Lipinski definition) is 1. The quantitative estimate of drug-likeness (QED) is 0.914. The molecule has 1 saturated heterocycles. The van der Waals surface area contributed by atoms with E-state index in [1.165, 1.54) is 0 Å². The predicted molar refractivity (Wildman–Crippen MR) is 94.4 cm³/mol. The lowest BCUT2D eigenvalue weighted by Crippen LogP contribution is -2.49. The zero-order valence-corrected chi connectivity index (χ0v) is 14.8. The number of likely N-dealkylation sites (tertiary alicyclic amines) is 1. The van der Waals surface area contributed by atoms with Crippen LogP contribution in [0.5, 0.6) is 0 Å². The van der Waals surface area contributed by atoms with E-state index in [4.69, 9.17) is 0 Å². The molecular weight excluding hydrogens is 326 g/mol. The molecule has 2 heterocycles. The molecule has 1 amide bonds. The number of nitrogens with one attached hydrogen (secondary N) is 1. The fraction of sp³-hybridized carbons (Fsp3) is 0.471. The smallest absolute Gasteiger partial charge is 0.256 e. The van der Waals surface area contributed by atoms with Crippen LogP contribution >= 0.6 is 0 Å². The van der Waals surface area contributed by atoms with E-state index in [-0.39, 0.29) is 18.5 Å². The molecule has 130 valence electrons. The number of piperidine rings is 1. The van der Waals surface area contributed by atoms with Gasteiger partial charge in [-0.1, -0.05) is 18.2 Å². The minimum absolute atomic E-state index is 0.0215. The van der Waals surface area contributed by atoms with Crippen LogP contribution in [-0.2, 0) is 17.1 Å². The zero-order valence-electron chi connectivity index (χ0n) is 14.0. The maximum atomic E-state index is 13.1. The lowest BCUT2D eigenvalue weighted by atomic mass is 10.0. The Morgan fingerprint density at radius 3 is 2.79 bits per heavy atom. The second-order valence-corrected chi connectivity index (χ2v) is 8.27. The number of carbonyl (C=O) groups excluding carboxylic acids is 1. The maximum absolute atomic E-state index is 13.1. The Bertz CT molecular complexity index is 857. The number of para-hydroxylation sites is 1. The summed E-state index contributed by atoms with van der Waals surface area (Å²) < 4.78 is 27.3. The van der Waals surface area contributed by atoms with Gasteiger partial charge in [0, 0.05) is 43.3 Å². The van der Waals surface area contributed by atoms with E-state index < -0.39 is 10.0 Å². The molecule has 0 radical (unpaired) electrons. The molecule has 1 aromatic carbocycles. The van der Waals surface area contributed by atoms with Gasteiger partial charge in [-0.2, -0.15) is 0 Å². The Hall–Kier alpha value is -1.86. The molecule has 1 atom stereocenters. The number of aryl methyl sites for hydroxylation is 1. The summed E-state index contributed by atoms with van der Waals surface area (Å²) >= 11 is 0. The van der Waals surface area contributed by atoms with E-state index in [2.05, 4.69) is 4.72 Å². The number of nitrogens with zero attached hydrogens (tertiary/aromatic N) is 2. The van der Waals surface area contributed by atoms with Crippen molar-refractivity contribution in [2.75, 3.05) is 19.3 Å². The van der Waals surface area contributed by atoms with Crippen molar-refractivity contribution in [2.24, 2.45) is 7.05 Å². The number of benzene rings is 1. The van der Waals surface area contributed by atoms with Gasteiger partial charge < -0.3 is 9.47 Å². The van der Waals surface area contributed by atoms with Gasteiger partial charge in [0.05, 0.1) is 11.8 Å². The monoisotopic (exact) mass is 349 g/mol. The number of aromatic nitrogens is 1. The SMILES string of the molecule is Cn1cc(C(=O)N2CCCC[C@H]2CNS(C)(=O)=O)c2ccccc21. The number of amides is 1. The standard InChI is InChI=1S/C17H23N3O3S/c1-19-12-15(14-8-3-4-9-16(14)19)17(21)20-10-6-5-7-13(20)11-18-24(2,22)23/h3-4,8-9,12-13,18H,5-7,10-11H2,1-2H3/t13-/m0/s1. The minimum Gasteiger partial charge on any atom is -0.350 e. The molecule has 1 aromatic heterocycles. The Labute approximate surface area is 142 Å². The summed E-state index contributed by atoms with van der Waals surface area (Å²) in [6.45, 7) is 0.938. The van der Waals surface area contributed by atoms with Crippen molar-refractivity contribution in [1.82, 2.24) is 14.2 Å². The van der Waals surface area contributed by atoms with Crippen LogP contribution in [0.2, 0.25) is 0 Å². The average Bonchev–Trinajstić information content (AvgIpc) is 2.89. The predicted octanol–water partition coefficient (Wildman–Crippen LogP) is 1.72. The molecule has 1 fully saturated rings. The number of sulfonamides is 1. The van der Waals surface area contributed by atoms with Crippen molar-refractivity contribution in [2.45, 2.75) is 25.3 Å². The molecule has 1 N–H and O–H groups in total. The number of fused-ring (bicyclic) bond motifs is 1. The van der Waals surface area contributed by atoms with Gasteiger partial charge >= 0.3 is 0 Å². The third kappa shape index (κ3) is 3.47. The maximum Gasteiger partial charge on any atom is 0.256 e. The van der Waals surface area contributed by atoms with Crippen molar-refractivity contribution in [1.29, 1.82) is 0 Å². The van der Waals surface area contributed by atoms with Crippen LogP contribution in [0.1, 0.15) is 29.6 Å². The molecule has 24 heavy (non-hydrogen) atoms. The van der Waals surface area contributed by atoms with Gasteiger partial charge in [-0.05, 0) is 25.3 Å². The highest BCUT2D eigenvalue weighted by atomic mass is 32.2. The summed E-state index contributed by atoms with van der Waals surface area (Å²) in [5, 5.41) is 0.936. The third-order valence-corrected chi connectivity index (χ3v) is 5.29. The zero-order chi connectivity index (χ0) is 17.3. The molecule has 0 saturated carbocycles. The molecule has 0 aliphatic carbocycles. The molecule has 1 aliphatic rings. The van der Waals surface area contributed by atoms with E-state index >= 15 is 0 Å². The summed E-state index contributed by atoms with van der Waals surface area (Å²) in [6, 6.07) is 7.73. The van der Waals surface area contributed by atoms with Gasteiger partial charge in [0.25, 0.3) is 5.91 Å². The Balaban J connectivity index is 1.88. The fourth-order valence-corrected chi connectivity index (χ4v) is 3.89. The topological polar surface area (TPSA) is 71.4 Å². The first-order chi connectivity index (χ1) is 11.4. The van der Waals surface area contributed by atoms with E-state index in [1.54, 1.807) is 0 Å². The number of rotatable bonds is 4. The average molecular weight is 349 g/mol. The van der Waals surface area contributed by atoms with Gasteiger partial charge in [-0.3, -0.25) is 4.79 Å². The molecule has 0 spiro atoms. The van der Waals surface area contributed by atoms with E-state index in [9.17, 15) is 13.2 Å². The van der Waals surface area contributed by atoms with Crippen LogP contribution in [-0.4, -0.2) is 49.2 Å². The highest BCUT2D eigenvalue weighted by Crippen LogP contribution is 2.25. The van der Waals surface area contributed by atoms with E-state index in [1.807, 2.05) is 47.0 Å². The number of hydrogen-bond acceptors (Lipinski definition) is 3. The lowest BCUT2D eigenvalue weighted by molar-refractivity contribution is 0.0620. The Morgan fingerprint density at radius 2 is 2.04 bits per heavy atom. The summed E-state index contributed by atoms with van der Waals surface area (Å²) in [6.07, 6.45) is 5.79. The summed E-state index contributed by atoms with van der Waals surface area (Å²) in [4.78, 5) is 14.9. The van der Waals surface area contributed by atoms with E-state index in [0.29, 0.717) is 12.1 Å². The summed E-state index contributed by atoms with van der Waals surface area (Å²) in [5.41, 5.74) is 1.70. The van der Waals surface area contributed by atoms with Crippen molar-refractivity contribution in [3.05, 3.63) is 36.0 Å². The highest BCUT2D eigenvalue weighted by Gasteiger charge is 2.29. The molecule has 3 rings (SSSR count).